The summed E-state index contributed by atoms with van der Waals surface area (Å²) in [7, 11) is 0. The molecule has 2 aliphatic heterocycles. The van der Waals surface area contributed by atoms with Crippen molar-refractivity contribution in [2.75, 3.05) is 0 Å². The Hall–Kier alpha value is -3.07. The fraction of sp³-hybridized carbons (Fsp3) is 0.593. The maximum atomic E-state index is 13.9. The number of hydrogen-bond acceptors (Lipinski definition) is 6. The lowest BCUT2D eigenvalue weighted by molar-refractivity contribution is -0.0247. The zero-order chi connectivity index (χ0) is 24.6. The molecule has 1 N–H and O–H groups in total. The summed E-state index contributed by atoms with van der Waals surface area (Å²) >= 11 is 0. The van der Waals surface area contributed by atoms with E-state index in [-0.39, 0.29) is 17.4 Å². The highest BCUT2D eigenvalue weighted by molar-refractivity contribution is 5.75. The molecule has 3 fully saturated rings. The third-order valence-corrected chi connectivity index (χ3v) is 8.56. The molecule has 6 rings (SSSR count). The Morgan fingerprint density at radius 1 is 0.778 bits per heavy atom. The van der Waals surface area contributed by atoms with Gasteiger partial charge < -0.3 is 4.57 Å². The molecule has 2 saturated heterocycles. The smallest absolute Gasteiger partial charge is 0.300 e. The van der Waals surface area contributed by atoms with Gasteiger partial charge in [-0.15, -0.1) is 0 Å². The van der Waals surface area contributed by atoms with Crippen molar-refractivity contribution in [3.63, 3.8) is 0 Å². The second kappa shape index (κ2) is 9.76. The van der Waals surface area contributed by atoms with Crippen molar-refractivity contribution < 1.29 is 0 Å². The third-order valence-electron chi connectivity index (χ3n) is 8.56. The molecule has 0 amide bonds. The van der Waals surface area contributed by atoms with Crippen LogP contribution in [-0.4, -0.2) is 47.3 Å². The Balaban J connectivity index is 1.41. The number of para-hydroxylation sites is 2. The van der Waals surface area contributed by atoms with Crippen LogP contribution in [0.2, 0.25) is 0 Å². The number of fused-ring (bicyclic) bond motifs is 3. The van der Waals surface area contributed by atoms with Gasteiger partial charge in [0.2, 0.25) is 5.82 Å². The van der Waals surface area contributed by atoms with E-state index < -0.39 is 11.2 Å². The van der Waals surface area contributed by atoms with Crippen molar-refractivity contribution in [1.82, 2.24) is 29.2 Å². The number of aromatic nitrogens is 5. The summed E-state index contributed by atoms with van der Waals surface area (Å²) < 4.78 is 2.77. The number of rotatable bonds is 3. The quantitative estimate of drug-likeness (QED) is 0.604. The van der Waals surface area contributed by atoms with Gasteiger partial charge in [0.25, 0.3) is 11.1 Å². The van der Waals surface area contributed by atoms with Crippen LogP contribution in [0, 0.1) is 0 Å². The number of nitrogens with zero attached hydrogens (tertiary/aromatic N) is 5. The van der Waals surface area contributed by atoms with Crippen molar-refractivity contribution in [3.05, 3.63) is 61.7 Å². The highest BCUT2D eigenvalue weighted by atomic mass is 16.2. The molecule has 1 aromatic carbocycles. The van der Waals surface area contributed by atoms with E-state index >= 15 is 0 Å². The van der Waals surface area contributed by atoms with E-state index in [1.807, 2.05) is 28.8 Å². The summed E-state index contributed by atoms with van der Waals surface area (Å²) in [5.74, 6) is -0.0671. The van der Waals surface area contributed by atoms with Crippen LogP contribution in [0.25, 0.3) is 16.9 Å². The Morgan fingerprint density at radius 3 is 2.17 bits per heavy atom. The molecule has 1 unspecified atom stereocenters. The van der Waals surface area contributed by atoms with E-state index in [9.17, 15) is 14.4 Å². The van der Waals surface area contributed by atoms with E-state index in [4.69, 9.17) is 0 Å². The predicted octanol–water partition coefficient (Wildman–Crippen LogP) is 3.30. The molecular formula is C27H34N6O3. The van der Waals surface area contributed by atoms with Crippen LogP contribution in [0.15, 0.2) is 44.8 Å². The van der Waals surface area contributed by atoms with Gasteiger partial charge in [-0.05, 0) is 50.7 Å². The zero-order valence-electron chi connectivity index (χ0n) is 20.6. The average molecular weight is 491 g/mol. The van der Waals surface area contributed by atoms with E-state index in [1.54, 1.807) is 0 Å². The Labute approximate surface area is 209 Å². The molecule has 2 aromatic heterocycles. The standard InChI is InChI=1S/C27H34N6O3/c34-24-17-28-33(27(36)30-24)25-26(35)32(23-14-7-6-13-22(23)29-25)21-15-19-11-8-12-20(16-21)31(19)18-9-4-2-1-3-5-10-18/h6-7,13-14,17-21H,1-5,8-12,15-16H2,(H,30,34,36)/t19-,20+,21?. The number of benzene rings is 1. The van der Waals surface area contributed by atoms with Crippen LogP contribution in [0.1, 0.15) is 83.1 Å². The number of H-pyrrole nitrogens is 1. The summed E-state index contributed by atoms with van der Waals surface area (Å²) in [5.41, 5.74) is -0.277. The first kappa shape index (κ1) is 23.3. The normalized spacial score (nSPS) is 25.9. The first-order valence-electron chi connectivity index (χ1n) is 13.6. The Bertz CT molecular complexity index is 1400. The maximum absolute atomic E-state index is 13.9. The van der Waals surface area contributed by atoms with Crippen LogP contribution >= 0.6 is 0 Å². The van der Waals surface area contributed by atoms with Crippen LogP contribution in [0.5, 0.6) is 0 Å². The van der Waals surface area contributed by atoms with Crippen molar-refractivity contribution in [1.29, 1.82) is 0 Å². The minimum Gasteiger partial charge on any atom is -0.300 e. The van der Waals surface area contributed by atoms with Gasteiger partial charge in [0, 0.05) is 24.2 Å². The van der Waals surface area contributed by atoms with Gasteiger partial charge in [-0.2, -0.15) is 9.78 Å². The van der Waals surface area contributed by atoms with Crippen LogP contribution in [0.3, 0.4) is 0 Å². The second-order valence-electron chi connectivity index (χ2n) is 10.8. The summed E-state index contributed by atoms with van der Waals surface area (Å²) in [6.07, 6.45) is 15.7. The fourth-order valence-electron chi connectivity index (χ4n) is 7.07. The number of hydrogen-bond donors (Lipinski definition) is 1. The van der Waals surface area contributed by atoms with E-state index in [2.05, 4.69) is 20.0 Å². The number of aromatic amines is 1. The zero-order valence-corrected chi connectivity index (χ0v) is 20.6. The SMILES string of the molecule is O=c1cnn(-c2nc3ccccc3n(C3C[C@H]4CCC[C@@H](C3)N4C3CCCCCCC3)c2=O)c(=O)[nH]1. The van der Waals surface area contributed by atoms with Crippen molar-refractivity contribution >= 4 is 11.0 Å². The minimum atomic E-state index is -0.759. The first-order chi connectivity index (χ1) is 17.6. The molecule has 1 saturated carbocycles. The predicted molar refractivity (Wildman–Crippen MR) is 138 cm³/mol. The highest BCUT2D eigenvalue weighted by Crippen LogP contribution is 2.42. The number of piperidine rings is 2. The molecule has 1 aliphatic carbocycles. The van der Waals surface area contributed by atoms with E-state index in [0.717, 1.165) is 29.2 Å². The monoisotopic (exact) mass is 490 g/mol. The van der Waals surface area contributed by atoms with Gasteiger partial charge in [-0.1, -0.05) is 50.7 Å². The van der Waals surface area contributed by atoms with Gasteiger partial charge in [-0.25, -0.2) is 9.78 Å². The van der Waals surface area contributed by atoms with Gasteiger partial charge in [0.15, 0.2) is 0 Å². The molecule has 9 heteroatoms. The molecule has 3 atom stereocenters. The molecule has 4 heterocycles. The van der Waals surface area contributed by atoms with E-state index in [0.29, 0.717) is 23.6 Å². The van der Waals surface area contributed by atoms with Crippen LogP contribution < -0.4 is 16.8 Å². The highest BCUT2D eigenvalue weighted by Gasteiger charge is 2.42. The molecular weight excluding hydrogens is 456 g/mol. The summed E-state index contributed by atoms with van der Waals surface area (Å²) in [4.78, 5) is 47.5. The Kier molecular flexibility index (Phi) is 6.33. The molecule has 0 radical (unpaired) electrons. The lowest BCUT2D eigenvalue weighted by atomic mass is 9.79. The molecule has 3 aliphatic rings. The van der Waals surface area contributed by atoms with Crippen molar-refractivity contribution in [2.24, 2.45) is 0 Å². The fourth-order valence-corrected chi connectivity index (χ4v) is 7.07. The van der Waals surface area contributed by atoms with Crippen LogP contribution in [0.4, 0.5) is 0 Å². The minimum absolute atomic E-state index is 0.0303. The number of nitrogens with one attached hydrogen (secondary N) is 1. The van der Waals surface area contributed by atoms with E-state index in [1.165, 1.54) is 64.2 Å². The third kappa shape index (κ3) is 4.23. The first-order valence-corrected chi connectivity index (χ1v) is 13.6. The van der Waals surface area contributed by atoms with Gasteiger partial charge in [0.1, 0.15) is 6.20 Å². The van der Waals surface area contributed by atoms with Crippen LogP contribution in [-0.2, 0) is 0 Å². The molecule has 36 heavy (non-hydrogen) atoms. The molecule has 0 spiro atoms. The van der Waals surface area contributed by atoms with Gasteiger partial charge in [-0.3, -0.25) is 19.5 Å². The molecule has 3 aromatic rings. The van der Waals surface area contributed by atoms with Crippen molar-refractivity contribution in [3.8, 4) is 5.82 Å². The van der Waals surface area contributed by atoms with Crippen molar-refractivity contribution in [2.45, 2.75) is 101 Å². The largest absolute Gasteiger partial charge is 0.351 e. The summed E-state index contributed by atoms with van der Waals surface area (Å²) in [5, 5.41) is 3.93. The molecule has 190 valence electrons. The molecule has 9 nitrogen and oxygen atoms in total. The average Bonchev–Trinajstić information content (AvgIpc) is 2.83. The summed E-state index contributed by atoms with van der Waals surface area (Å²) in [6, 6.07) is 9.24. The topological polar surface area (TPSA) is 106 Å². The lowest BCUT2D eigenvalue weighted by Crippen LogP contribution is -2.57. The Morgan fingerprint density at radius 2 is 1.44 bits per heavy atom. The summed E-state index contributed by atoms with van der Waals surface area (Å²) in [6.45, 7) is 0. The lowest BCUT2D eigenvalue weighted by Gasteiger charge is -2.53. The van der Waals surface area contributed by atoms with Gasteiger partial charge in [0.05, 0.1) is 11.0 Å². The van der Waals surface area contributed by atoms with Gasteiger partial charge >= 0.3 is 5.69 Å². The molecule has 2 bridgehead atoms. The second-order valence-corrected chi connectivity index (χ2v) is 10.8. The maximum Gasteiger partial charge on any atom is 0.351 e.